The highest BCUT2D eigenvalue weighted by Crippen LogP contribution is 2.58. The third-order valence-corrected chi connectivity index (χ3v) is 10.8. The number of nitrogens with two attached hydrogens (primary N) is 1. The summed E-state index contributed by atoms with van der Waals surface area (Å²) in [6, 6.07) is 9.11. The molecule has 0 saturated carbocycles. The summed E-state index contributed by atoms with van der Waals surface area (Å²) >= 11 is 0. The van der Waals surface area contributed by atoms with Crippen LogP contribution in [0.25, 0.3) is 0 Å². The number of aliphatic hydroxyl groups is 2. The lowest BCUT2D eigenvalue weighted by atomic mass is 9.85. The summed E-state index contributed by atoms with van der Waals surface area (Å²) in [6.07, 6.45) is -6.45. The second kappa shape index (κ2) is 15.6. The van der Waals surface area contributed by atoms with Crippen molar-refractivity contribution in [1.82, 2.24) is 0 Å². The fourth-order valence-electron chi connectivity index (χ4n) is 8.19. The van der Waals surface area contributed by atoms with E-state index in [4.69, 9.17) is 53.8 Å². The van der Waals surface area contributed by atoms with Gasteiger partial charge in [0.25, 0.3) is 0 Å². The van der Waals surface area contributed by atoms with Gasteiger partial charge in [-0.1, -0.05) is 19.9 Å². The summed E-state index contributed by atoms with van der Waals surface area (Å²) in [5.41, 5.74) is 12.0. The Balaban J connectivity index is 1.13. The number of fused-ring (bicyclic) bond motifs is 9. The number of aliphatic hydroxyl groups excluding tert-OH is 2. The number of benzene rings is 3. The summed E-state index contributed by atoms with van der Waals surface area (Å²) in [5, 5.41) is 41.5. The van der Waals surface area contributed by atoms with Crippen LogP contribution < -0.4 is 29.6 Å². The highest BCUT2D eigenvalue weighted by atomic mass is 17.2. The van der Waals surface area contributed by atoms with Gasteiger partial charge in [0.2, 0.25) is 6.79 Å². The fraction of sp³-hybridized carbons (Fsp3) is 0.500. The molecular formula is C40H45NO15. The number of rotatable bonds is 12. The highest BCUT2D eigenvalue weighted by Gasteiger charge is 2.49. The molecule has 1 aliphatic carbocycles. The lowest BCUT2D eigenvalue weighted by Crippen LogP contribution is -2.60. The Hall–Kier alpha value is -4.84. The van der Waals surface area contributed by atoms with Crippen LogP contribution in [0.5, 0.6) is 34.5 Å². The van der Waals surface area contributed by atoms with Crippen LogP contribution in [-0.4, -0.2) is 96.2 Å². The minimum absolute atomic E-state index is 0.0190. The highest BCUT2D eigenvalue weighted by molar-refractivity contribution is 5.90. The number of phenols is 1. The second-order valence-corrected chi connectivity index (χ2v) is 15.0. The number of carboxylic acid groups (broad SMARTS) is 1. The first-order chi connectivity index (χ1) is 27.0. The molecule has 7 atom stereocenters. The molecule has 0 aromatic heterocycles. The zero-order valence-electron chi connectivity index (χ0n) is 30.9. The van der Waals surface area contributed by atoms with Gasteiger partial charge in [0.15, 0.2) is 29.6 Å². The fourth-order valence-corrected chi connectivity index (χ4v) is 8.19. The molecule has 0 amide bonds. The van der Waals surface area contributed by atoms with Gasteiger partial charge in [0.1, 0.15) is 54.7 Å². The number of hydrogen-bond acceptors (Lipinski definition) is 15. The first kappa shape index (κ1) is 38.1. The largest absolute Gasteiger partial charge is 0.508 e. The molecule has 56 heavy (non-hydrogen) atoms. The first-order valence-electron chi connectivity index (χ1n) is 18.8. The molecule has 1 fully saturated rings. The van der Waals surface area contributed by atoms with Crippen molar-refractivity contribution in [2.45, 2.75) is 88.7 Å². The predicted molar refractivity (Wildman–Crippen MR) is 192 cm³/mol. The summed E-state index contributed by atoms with van der Waals surface area (Å²) in [5.74, 6) is 0.984. The van der Waals surface area contributed by atoms with Crippen LogP contribution in [0.4, 0.5) is 0 Å². The van der Waals surface area contributed by atoms with Gasteiger partial charge < -0.3 is 64.2 Å². The van der Waals surface area contributed by atoms with Crippen molar-refractivity contribution in [2.24, 2.45) is 11.7 Å². The van der Waals surface area contributed by atoms with Crippen LogP contribution in [0, 0.1) is 5.92 Å². The van der Waals surface area contributed by atoms with Crippen molar-refractivity contribution in [3.05, 3.63) is 69.3 Å². The lowest BCUT2D eigenvalue weighted by Gasteiger charge is -2.41. The molecule has 7 unspecified atom stereocenters. The van der Waals surface area contributed by atoms with Crippen molar-refractivity contribution in [1.29, 1.82) is 0 Å². The number of aryl methyl sites for hydroxylation is 1. The van der Waals surface area contributed by atoms with E-state index in [0.717, 1.165) is 44.7 Å². The number of aromatic hydroxyl groups is 1. The number of carbonyl (C=O) groups is 2. The third kappa shape index (κ3) is 7.16. The maximum Gasteiger partial charge on any atom is 0.317 e. The van der Waals surface area contributed by atoms with E-state index in [0.29, 0.717) is 61.2 Å². The third-order valence-electron chi connectivity index (χ3n) is 10.8. The second-order valence-electron chi connectivity index (χ2n) is 15.0. The molecular weight excluding hydrogens is 734 g/mol. The summed E-state index contributed by atoms with van der Waals surface area (Å²) in [6.45, 7) is 4.27. The first-order valence-corrected chi connectivity index (χ1v) is 18.8. The molecule has 16 heteroatoms. The van der Waals surface area contributed by atoms with Gasteiger partial charge in [0.05, 0.1) is 19.1 Å². The number of esters is 1. The van der Waals surface area contributed by atoms with Gasteiger partial charge in [-0.25, -0.2) is 0 Å². The molecule has 6 N–H and O–H groups in total. The number of aliphatic carboxylic acids is 1. The van der Waals surface area contributed by atoms with Crippen LogP contribution in [0.3, 0.4) is 0 Å². The molecule has 8 rings (SSSR count). The number of phenolic OH excluding ortho intramolecular Hbond substituents is 1. The molecule has 0 radical (unpaired) electrons. The van der Waals surface area contributed by atoms with E-state index in [-0.39, 0.29) is 31.6 Å². The summed E-state index contributed by atoms with van der Waals surface area (Å²) < 4.78 is 41.9. The van der Waals surface area contributed by atoms with E-state index >= 15 is 0 Å². The van der Waals surface area contributed by atoms with Gasteiger partial charge in [-0.3, -0.25) is 9.59 Å². The van der Waals surface area contributed by atoms with E-state index in [1.807, 2.05) is 18.2 Å². The van der Waals surface area contributed by atoms with E-state index in [9.17, 15) is 24.9 Å². The molecule has 4 heterocycles. The van der Waals surface area contributed by atoms with Gasteiger partial charge >= 0.3 is 11.9 Å². The molecule has 1 saturated heterocycles. The minimum Gasteiger partial charge on any atom is -0.508 e. The van der Waals surface area contributed by atoms with Gasteiger partial charge in [0, 0.05) is 40.8 Å². The lowest BCUT2D eigenvalue weighted by molar-refractivity contribution is -0.372. The Labute approximate surface area is 321 Å². The Bertz CT molecular complexity index is 2000. The molecule has 0 bridgehead atoms. The zero-order chi connectivity index (χ0) is 39.2. The normalized spacial score (nSPS) is 25.4. The minimum atomic E-state index is -1.66. The van der Waals surface area contributed by atoms with Crippen LogP contribution in [0.2, 0.25) is 0 Å². The average molecular weight is 780 g/mol. The topological polar surface area (TPSA) is 224 Å². The van der Waals surface area contributed by atoms with Gasteiger partial charge in [-0.2, -0.15) is 4.89 Å². The Kier molecular flexibility index (Phi) is 10.6. The Morgan fingerprint density at radius 2 is 1.80 bits per heavy atom. The van der Waals surface area contributed by atoms with Crippen molar-refractivity contribution in [3.8, 4) is 34.5 Å². The Morgan fingerprint density at radius 3 is 2.59 bits per heavy atom. The number of ether oxygens (including phenoxy) is 7. The molecule has 3 aromatic carbocycles. The van der Waals surface area contributed by atoms with E-state index in [2.05, 4.69) is 13.8 Å². The monoisotopic (exact) mass is 779 g/mol. The number of carboxylic acids is 1. The maximum atomic E-state index is 11.9. The number of hydrogen-bond donors (Lipinski definition) is 5. The van der Waals surface area contributed by atoms with E-state index in [1.54, 1.807) is 12.1 Å². The van der Waals surface area contributed by atoms with Crippen molar-refractivity contribution in [2.75, 3.05) is 33.2 Å². The molecule has 300 valence electrons. The van der Waals surface area contributed by atoms with E-state index in [1.165, 1.54) is 0 Å². The van der Waals surface area contributed by atoms with Gasteiger partial charge in [-0.05, 0) is 60.6 Å². The maximum absolute atomic E-state index is 11.9. The predicted octanol–water partition coefficient (Wildman–Crippen LogP) is 2.74. The quantitative estimate of drug-likeness (QED) is 0.0771. The Morgan fingerprint density at radius 1 is 0.964 bits per heavy atom. The average Bonchev–Trinajstić information content (AvgIpc) is 3.74. The molecule has 0 spiro atoms. The zero-order valence-corrected chi connectivity index (χ0v) is 30.9. The van der Waals surface area contributed by atoms with Gasteiger partial charge in [-0.15, -0.1) is 0 Å². The van der Waals surface area contributed by atoms with Crippen LogP contribution in [0.15, 0.2) is 30.3 Å². The SMILES string of the molecule is CC(C)Cc1c2c(cc3c1OC1c4cc(OOC5C(OCCN)OC(COC(=O)CC(=O)O)C(O)C5O)c5c(c4OCC31)Cc1ccc(O)cc1CC5)OCO2. The summed E-state index contributed by atoms with van der Waals surface area (Å²) in [7, 11) is 0. The van der Waals surface area contributed by atoms with Crippen LogP contribution in [0.1, 0.15) is 71.2 Å². The van der Waals surface area contributed by atoms with Crippen molar-refractivity contribution >= 4 is 11.9 Å². The molecule has 3 aromatic rings. The van der Waals surface area contributed by atoms with E-state index < -0.39 is 61.8 Å². The molecule has 4 aliphatic heterocycles. The smallest absolute Gasteiger partial charge is 0.317 e. The van der Waals surface area contributed by atoms with Crippen molar-refractivity contribution in [3.63, 3.8) is 0 Å². The molecule has 16 nitrogen and oxygen atoms in total. The summed E-state index contributed by atoms with van der Waals surface area (Å²) in [4.78, 5) is 34.9. The number of carbonyl (C=O) groups excluding carboxylic acids is 1. The van der Waals surface area contributed by atoms with Crippen LogP contribution in [-0.2, 0) is 54.4 Å². The van der Waals surface area contributed by atoms with Crippen LogP contribution >= 0.6 is 0 Å². The van der Waals surface area contributed by atoms with Crippen molar-refractivity contribution < 1.29 is 72.9 Å². The molecule has 5 aliphatic rings. The standard InChI is InChI=1S/C40H45NO15/c1-18(2)9-25-36-24(12-29-38(25)52-17-51-29)27-15-50-35-23-11-20-3-5-21(42)10-19(20)4-6-22(23)28(13-26(35)37(27)54-36)55-56-39-34(47)33(46)30(53-40(39)48-8-7-41)16-49-32(45)14-31(43)44/h3,5,10,12-13,18,27,30,33-34,37,39-40,42,46-47H,4,6-9,11,14-17,41H2,1-2H3,(H,43,44).